The number of thioether (sulfide) groups is 1. The Labute approximate surface area is 192 Å². The summed E-state index contributed by atoms with van der Waals surface area (Å²) >= 11 is 2.82. The van der Waals surface area contributed by atoms with Crippen molar-refractivity contribution in [2.24, 2.45) is 5.73 Å². The van der Waals surface area contributed by atoms with E-state index < -0.39 is 5.91 Å². The Balaban J connectivity index is 1.56. The Morgan fingerprint density at radius 1 is 1.09 bits per heavy atom. The Hall–Kier alpha value is -3.63. The molecule has 0 saturated carbocycles. The van der Waals surface area contributed by atoms with Gasteiger partial charge in [0.2, 0.25) is 11.8 Å². The van der Waals surface area contributed by atoms with Gasteiger partial charge in [0.05, 0.1) is 23.4 Å². The fourth-order valence-electron chi connectivity index (χ4n) is 3.01. The first-order valence-corrected chi connectivity index (χ1v) is 11.4. The van der Waals surface area contributed by atoms with Crippen LogP contribution in [0.1, 0.15) is 10.4 Å². The zero-order valence-corrected chi connectivity index (χ0v) is 18.7. The first-order chi connectivity index (χ1) is 15.6. The summed E-state index contributed by atoms with van der Waals surface area (Å²) in [5.74, 6) is 0.736. The molecule has 0 aliphatic rings. The van der Waals surface area contributed by atoms with Crippen molar-refractivity contribution in [2.75, 3.05) is 18.2 Å². The fourth-order valence-corrected chi connectivity index (χ4v) is 4.45. The van der Waals surface area contributed by atoms with E-state index in [2.05, 4.69) is 15.5 Å². The number of primary amides is 1. The Bertz CT molecular complexity index is 1240. The second-order valence-electron chi connectivity index (χ2n) is 6.57. The number of methoxy groups -OCH3 is 1. The SMILES string of the molecule is COc1ccccc1-n1c(SCC(=O)Nc2ccc(C(N)=O)cc2)nnc1-c1cccs1. The first kappa shape index (κ1) is 21.6. The molecule has 0 saturated heterocycles. The number of hydrogen-bond acceptors (Lipinski definition) is 7. The van der Waals surface area contributed by atoms with Crippen molar-refractivity contribution >= 4 is 40.6 Å². The number of rotatable bonds is 8. The lowest BCUT2D eigenvalue weighted by molar-refractivity contribution is -0.113. The van der Waals surface area contributed by atoms with E-state index in [1.807, 2.05) is 46.3 Å². The second kappa shape index (κ2) is 9.67. The lowest BCUT2D eigenvalue weighted by atomic mass is 10.2. The van der Waals surface area contributed by atoms with Crippen LogP contribution in [0, 0.1) is 0 Å². The van der Waals surface area contributed by atoms with E-state index in [1.165, 1.54) is 11.8 Å². The third-order valence-electron chi connectivity index (χ3n) is 4.49. The quantitative estimate of drug-likeness (QED) is 0.383. The van der Waals surface area contributed by atoms with Crippen LogP contribution in [0.15, 0.2) is 71.2 Å². The summed E-state index contributed by atoms with van der Waals surface area (Å²) in [5.41, 5.74) is 6.98. The molecule has 4 rings (SSSR count). The van der Waals surface area contributed by atoms with Crippen LogP contribution < -0.4 is 15.8 Å². The molecule has 0 atom stereocenters. The minimum absolute atomic E-state index is 0.120. The van der Waals surface area contributed by atoms with Gasteiger partial charge in [-0.15, -0.1) is 21.5 Å². The molecule has 0 radical (unpaired) electrons. The predicted molar refractivity (Wildman–Crippen MR) is 126 cm³/mol. The number of ether oxygens (including phenoxy) is 1. The highest BCUT2D eigenvalue weighted by molar-refractivity contribution is 7.99. The molecule has 0 bridgehead atoms. The molecule has 0 fully saturated rings. The van der Waals surface area contributed by atoms with E-state index in [4.69, 9.17) is 10.5 Å². The number of nitrogens with one attached hydrogen (secondary N) is 1. The molecule has 3 N–H and O–H groups in total. The Morgan fingerprint density at radius 3 is 2.56 bits per heavy atom. The van der Waals surface area contributed by atoms with E-state index in [0.29, 0.717) is 28.0 Å². The van der Waals surface area contributed by atoms with Crippen LogP contribution in [-0.2, 0) is 4.79 Å². The molecule has 0 unspecified atom stereocenters. The normalized spacial score (nSPS) is 10.7. The van der Waals surface area contributed by atoms with E-state index in [9.17, 15) is 9.59 Å². The zero-order valence-electron chi connectivity index (χ0n) is 17.0. The predicted octanol–water partition coefficient (Wildman–Crippen LogP) is 3.83. The monoisotopic (exact) mass is 465 g/mol. The zero-order chi connectivity index (χ0) is 22.5. The number of hydrogen-bond donors (Lipinski definition) is 2. The number of thiophene rings is 1. The molecule has 8 nitrogen and oxygen atoms in total. The standard InChI is InChI=1S/C22H19N5O3S2/c1-30-17-6-3-2-5-16(17)27-21(18-7-4-12-31-18)25-26-22(27)32-13-19(28)24-15-10-8-14(9-11-15)20(23)29/h2-12H,13H2,1H3,(H2,23,29)(H,24,28). The molecule has 0 spiro atoms. The van der Waals surface area contributed by atoms with Crippen LogP contribution >= 0.6 is 23.1 Å². The number of anilines is 1. The number of nitrogens with two attached hydrogens (primary N) is 1. The van der Waals surface area contributed by atoms with Gasteiger partial charge in [0, 0.05) is 11.3 Å². The highest BCUT2D eigenvalue weighted by atomic mass is 32.2. The first-order valence-electron chi connectivity index (χ1n) is 9.52. The van der Waals surface area contributed by atoms with Gasteiger partial charge in [0.15, 0.2) is 11.0 Å². The molecule has 10 heteroatoms. The molecule has 2 amide bonds. The van der Waals surface area contributed by atoms with Gasteiger partial charge in [0.1, 0.15) is 5.75 Å². The van der Waals surface area contributed by atoms with Gasteiger partial charge in [-0.3, -0.25) is 14.2 Å². The van der Waals surface area contributed by atoms with Gasteiger partial charge in [-0.05, 0) is 47.8 Å². The minimum Gasteiger partial charge on any atom is -0.495 e. The molecule has 2 aromatic heterocycles. The fraction of sp³-hybridized carbons (Fsp3) is 0.0909. The lowest BCUT2D eigenvalue weighted by Crippen LogP contribution is -2.15. The van der Waals surface area contributed by atoms with Gasteiger partial charge in [-0.25, -0.2) is 0 Å². The second-order valence-corrected chi connectivity index (χ2v) is 8.46. The molecule has 32 heavy (non-hydrogen) atoms. The molecular formula is C22H19N5O3S2. The summed E-state index contributed by atoms with van der Waals surface area (Å²) < 4.78 is 7.43. The maximum atomic E-state index is 12.5. The van der Waals surface area contributed by atoms with Crippen LogP contribution in [-0.4, -0.2) is 39.4 Å². The number of aromatic nitrogens is 3. The Morgan fingerprint density at radius 2 is 1.88 bits per heavy atom. The summed E-state index contributed by atoms with van der Waals surface area (Å²) in [6.45, 7) is 0. The average molecular weight is 466 g/mol. The van der Waals surface area contributed by atoms with Crippen molar-refractivity contribution in [2.45, 2.75) is 5.16 Å². The van der Waals surface area contributed by atoms with Crippen LogP contribution in [0.25, 0.3) is 16.4 Å². The topological polar surface area (TPSA) is 112 Å². The summed E-state index contributed by atoms with van der Waals surface area (Å²) in [4.78, 5) is 24.6. The summed E-state index contributed by atoms with van der Waals surface area (Å²) in [5, 5.41) is 14.0. The lowest BCUT2D eigenvalue weighted by Gasteiger charge is -2.13. The maximum absolute atomic E-state index is 12.5. The number of amides is 2. The molecule has 0 aliphatic heterocycles. The molecule has 4 aromatic rings. The largest absolute Gasteiger partial charge is 0.495 e. The number of para-hydroxylation sites is 2. The van der Waals surface area contributed by atoms with Crippen LogP contribution in [0.2, 0.25) is 0 Å². The molecule has 2 heterocycles. The van der Waals surface area contributed by atoms with Crippen molar-refractivity contribution < 1.29 is 14.3 Å². The molecular weight excluding hydrogens is 446 g/mol. The van der Waals surface area contributed by atoms with Crippen molar-refractivity contribution in [3.05, 3.63) is 71.6 Å². The summed E-state index contributed by atoms with van der Waals surface area (Å²) in [6.07, 6.45) is 0. The van der Waals surface area contributed by atoms with Gasteiger partial charge in [-0.2, -0.15) is 0 Å². The number of carbonyl (C=O) groups is 2. The third kappa shape index (κ3) is 4.66. The third-order valence-corrected chi connectivity index (χ3v) is 6.28. The number of benzene rings is 2. The van der Waals surface area contributed by atoms with Crippen molar-refractivity contribution in [3.63, 3.8) is 0 Å². The van der Waals surface area contributed by atoms with Gasteiger partial charge in [0.25, 0.3) is 0 Å². The van der Waals surface area contributed by atoms with E-state index >= 15 is 0 Å². The summed E-state index contributed by atoms with van der Waals surface area (Å²) in [7, 11) is 1.61. The highest BCUT2D eigenvalue weighted by Gasteiger charge is 2.20. The van der Waals surface area contributed by atoms with Gasteiger partial charge < -0.3 is 15.8 Å². The minimum atomic E-state index is -0.518. The van der Waals surface area contributed by atoms with Crippen molar-refractivity contribution in [1.29, 1.82) is 0 Å². The van der Waals surface area contributed by atoms with E-state index in [-0.39, 0.29) is 11.7 Å². The Kier molecular flexibility index (Phi) is 6.52. The molecule has 162 valence electrons. The molecule has 2 aromatic carbocycles. The average Bonchev–Trinajstić information content (AvgIpc) is 3.48. The van der Waals surface area contributed by atoms with E-state index in [1.54, 1.807) is 42.7 Å². The van der Waals surface area contributed by atoms with E-state index in [0.717, 1.165) is 10.6 Å². The number of nitrogens with zero attached hydrogens (tertiary/aromatic N) is 3. The van der Waals surface area contributed by atoms with Crippen LogP contribution in [0.4, 0.5) is 5.69 Å². The van der Waals surface area contributed by atoms with Gasteiger partial charge >= 0.3 is 0 Å². The van der Waals surface area contributed by atoms with Crippen LogP contribution in [0.5, 0.6) is 5.75 Å². The van der Waals surface area contributed by atoms with Crippen LogP contribution in [0.3, 0.4) is 0 Å². The van der Waals surface area contributed by atoms with Gasteiger partial charge in [-0.1, -0.05) is 30.0 Å². The highest BCUT2D eigenvalue weighted by Crippen LogP contribution is 2.34. The smallest absolute Gasteiger partial charge is 0.248 e. The maximum Gasteiger partial charge on any atom is 0.248 e. The van der Waals surface area contributed by atoms with Crippen molar-refractivity contribution in [1.82, 2.24) is 14.8 Å². The number of carbonyl (C=O) groups excluding carboxylic acids is 2. The molecule has 0 aliphatic carbocycles. The summed E-state index contributed by atoms with van der Waals surface area (Å²) in [6, 6.07) is 17.9. The van der Waals surface area contributed by atoms with Crippen molar-refractivity contribution in [3.8, 4) is 22.1 Å².